The smallest absolute Gasteiger partial charge is 0.308 e. The van der Waals surface area contributed by atoms with Gasteiger partial charge in [-0.1, -0.05) is 24.3 Å². The van der Waals surface area contributed by atoms with E-state index in [-0.39, 0.29) is 18.3 Å². The molecule has 0 aliphatic heterocycles. The van der Waals surface area contributed by atoms with E-state index in [9.17, 15) is 9.90 Å². The van der Waals surface area contributed by atoms with Crippen LogP contribution in [0.3, 0.4) is 0 Å². The quantitative estimate of drug-likeness (QED) is 0.782. The number of hydrogen-bond acceptors (Lipinski definition) is 3. The third-order valence-electron chi connectivity index (χ3n) is 3.23. The van der Waals surface area contributed by atoms with Gasteiger partial charge in [-0.3, -0.25) is 4.79 Å². The standard InChI is InChI=1S/C13H16O3/c1-16-13(15)8-12(14)11-6-9-4-2-3-5-10(9)7-11/h2-5,11-12,14H,6-8H2,1H3/t12-/m0/s1. The van der Waals surface area contributed by atoms with Gasteiger partial charge in [-0.2, -0.15) is 0 Å². The lowest BCUT2D eigenvalue weighted by atomic mass is 9.97. The molecule has 0 saturated heterocycles. The van der Waals surface area contributed by atoms with E-state index in [1.54, 1.807) is 0 Å². The van der Waals surface area contributed by atoms with Crippen molar-refractivity contribution in [2.45, 2.75) is 25.4 Å². The van der Waals surface area contributed by atoms with Crippen molar-refractivity contribution in [2.75, 3.05) is 7.11 Å². The van der Waals surface area contributed by atoms with E-state index in [0.717, 1.165) is 12.8 Å². The Balaban J connectivity index is 1.98. The Bertz CT molecular complexity index is 362. The summed E-state index contributed by atoms with van der Waals surface area (Å²) in [6.45, 7) is 0. The lowest BCUT2D eigenvalue weighted by molar-refractivity contribution is -0.143. The topological polar surface area (TPSA) is 46.5 Å². The van der Waals surface area contributed by atoms with Crippen LogP contribution in [0.1, 0.15) is 17.5 Å². The Kier molecular flexibility index (Phi) is 3.25. The maximum atomic E-state index is 11.1. The van der Waals surface area contributed by atoms with Crippen LogP contribution in [0, 0.1) is 5.92 Å². The molecule has 1 aromatic rings. The molecule has 0 unspecified atom stereocenters. The molecule has 0 amide bonds. The second kappa shape index (κ2) is 4.66. The van der Waals surface area contributed by atoms with Crippen molar-refractivity contribution in [2.24, 2.45) is 5.92 Å². The van der Waals surface area contributed by atoms with Crippen molar-refractivity contribution in [3.05, 3.63) is 35.4 Å². The van der Waals surface area contributed by atoms with Crippen molar-refractivity contribution in [1.82, 2.24) is 0 Å². The fourth-order valence-electron chi connectivity index (χ4n) is 2.29. The minimum atomic E-state index is -0.597. The number of esters is 1. The maximum Gasteiger partial charge on any atom is 0.308 e. The first-order valence-corrected chi connectivity index (χ1v) is 5.52. The second-order valence-corrected chi connectivity index (χ2v) is 4.28. The zero-order valence-electron chi connectivity index (χ0n) is 9.35. The minimum Gasteiger partial charge on any atom is -0.469 e. The van der Waals surface area contributed by atoms with Crippen LogP contribution in [0.2, 0.25) is 0 Å². The molecule has 1 aliphatic carbocycles. The van der Waals surface area contributed by atoms with Gasteiger partial charge in [0.15, 0.2) is 0 Å². The van der Waals surface area contributed by atoms with E-state index in [1.807, 2.05) is 12.1 Å². The van der Waals surface area contributed by atoms with Gasteiger partial charge < -0.3 is 9.84 Å². The number of fused-ring (bicyclic) bond motifs is 1. The summed E-state index contributed by atoms with van der Waals surface area (Å²) in [5.74, 6) is -0.194. The molecule has 0 bridgehead atoms. The number of hydrogen-bond donors (Lipinski definition) is 1. The molecule has 0 heterocycles. The van der Waals surface area contributed by atoms with Gasteiger partial charge >= 0.3 is 5.97 Å². The Labute approximate surface area is 95.0 Å². The van der Waals surface area contributed by atoms with Crippen LogP contribution in [0.25, 0.3) is 0 Å². The SMILES string of the molecule is COC(=O)C[C@H](O)C1Cc2ccccc2C1. The molecule has 1 N–H and O–H groups in total. The van der Waals surface area contributed by atoms with Gasteiger partial charge in [-0.05, 0) is 29.9 Å². The molecule has 0 aromatic heterocycles. The number of aliphatic hydroxyl groups excluding tert-OH is 1. The molecule has 2 rings (SSSR count). The first-order valence-electron chi connectivity index (χ1n) is 5.52. The Morgan fingerprint density at radius 2 is 2.00 bits per heavy atom. The summed E-state index contributed by atoms with van der Waals surface area (Å²) in [5, 5.41) is 9.92. The predicted octanol–water partition coefficient (Wildman–Crippen LogP) is 1.33. The van der Waals surface area contributed by atoms with Gasteiger partial charge in [0.25, 0.3) is 0 Å². The monoisotopic (exact) mass is 220 g/mol. The van der Waals surface area contributed by atoms with Crippen LogP contribution in [-0.2, 0) is 22.4 Å². The molecule has 0 radical (unpaired) electrons. The normalized spacial score (nSPS) is 16.9. The summed E-state index contributed by atoms with van der Waals surface area (Å²) >= 11 is 0. The van der Waals surface area contributed by atoms with Gasteiger partial charge in [0.1, 0.15) is 0 Å². The fourth-order valence-corrected chi connectivity index (χ4v) is 2.29. The zero-order valence-corrected chi connectivity index (χ0v) is 9.35. The van der Waals surface area contributed by atoms with Gasteiger partial charge in [0.05, 0.1) is 19.6 Å². The number of benzene rings is 1. The number of rotatable bonds is 3. The van der Waals surface area contributed by atoms with Crippen molar-refractivity contribution < 1.29 is 14.6 Å². The lowest BCUT2D eigenvalue weighted by Crippen LogP contribution is -2.24. The summed E-state index contributed by atoms with van der Waals surface area (Å²) in [7, 11) is 1.35. The highest BCUT2D eigenvalue weighted by molar-refractivity contribution is 5.69. The third-order valence-corrected chi connectivity index (χ3v) is 3.23. The van der Waals surface area contributed by atoms with E-state index in [4.69, 9.17) is 0 Å². The van der Waals surface area contributed by atoms with Gasteiger partial charge in [-0.25, -0.2) is 0 Å². The van der Waals surface area contributed by atoms with Gasteiger partial charge in [-0.15, -0.1) is 0 Å². The summed E-state index contributed by atoms with van der Waals surface area (Å²) in [4.78, 5) is 11.1. The Morgan fingerprint density at radius 3 is 2.50 bits per heavy atom. The fraction of sp³-hybridized carbons (Fsp3) is 0.462. The molecule has 86 valence electrons. The van der Waals surface area contributed by atoms with Crippen LogP contribution in [0.5, 0.6) is 0 Å². The third kappa shape index (κ3) is 2.25. The average molecular weight is 220 g/mol. The molecule has 0 saturated carbocycles. The van der Waals surface area contributed by atoms with Crippen LogP contribution in [0.15, 0.2) is 24.3 Å². The molecule has 1 aliphatic rings. The van der Waals surface area contributed by atoms with E-state index in [0.29, 0.717) is 0 Å². The van der Waals surface area contributed by atoms with Crippen LogP contribution >= 0.6 is 0 Å². The molecular formula is C13H16O3. The molecule has 1 aromatic carbocycles. The maximum absolute atomic E-state index is 11.1. The number of carbonyl (C=O) groups is 1. The first kappa shape index (κ1) is 11.1. The van der Waals surface area contributed by atoms with Gasteiger partial charge in [0, 0.05) is 0 Å². The number of carbonyl (C=O) groups excluding carboxylic acids is 1. The number of methoxy groups -OCH3 is 1. The molecule has 0 spiro atoms. The molecule has 1 atom stereocenters. The lowest BCUT2D eigenvalue weighted by Gasteiger charge is -2.16. The minimum absolute atomic E-state index is 0.0924. The summed E-state index contributed by atoms with van der Waals surface area (Å²) in [6, 6.07) is 8.18. The number of ether oxygens (including phenoxy) is 1. The van der Waals surface area contributed by atoms with E-state index < -0.39 is 6.10 Å². The summed E-state index contributed by atoms with van der Waals surface area (Å²) < 4.78 is 4.56. The number of aliphatic hydroxyl groups is 1. The van der Waals surface area contributed by atoms with Crippen LogP contribution in [0.4, 0.5) is 0 Å². The summed E-state index contributed by atoms with van der Waals surface area (Å²) in [5.41, 5.74) is 2.58. The van der Waals surface area contributed by atoms with Gasteiger partial charge in [0.2, 0.25) is 0 Å². The van der Waals surface area contributed by atoms with E-state index >= 15 is 0 Å². The largest absolute Gasteiger partial charge is 0.469 e. The first-order chi connectivity index (χ1) is 7.70. The highest BCUT2D eigenvalue weighted by Gasteiger charge is 2.28. The van der Waals surface area contributed by atoms with Crippen molar-refractivity contribution >= 4 is 5.97 Å². The predicted molar refractivity (Wildman–Crippen MR) is 60.0 cm³/mol. The Hall–Kier alpha value is -1.35. The zero-order chi connectivity index (χ0) is 11.5. The molecule has 16 heavy (non-hydrogen) atoms. The highest BCUT2D eigenvalue weighted by Crippen LogP contribution is 2.29. The molecule has 3 nitrogen and oxygen atoms in total. The molecule has 0 fully saturated rings. The van der Waals surface area contributed by atoms with E-state index in [2.05, 4.69) is 16.9 Å². The Morgan fingerprint density at radius 1 is 1.44 bits per heavy atom. The summed E-state index contributed by atoms with van der Waals surface area (Å²) in [6.07, 6.45) is 1.21. The second-order valence-electron chi connectivity index (χ2n) is 4.28. The van der Waals surface area contributed by atoms with E-state index in [1.165, 1.54) is 18.2 Å². The molecular weight excluding hydrogens is 204 g/mol. The van der Waals surface area contributed by atoms with Crippen molar-refractivity contribution in [1.29, 1.82) is 0 Å². The van der Waals surface area contributed by atoms with Crippen LogP contribution < -0.4 is 0 Å². The highest BCUT2D eigenvalue weighted by atomic mass is 16.5. The van der Waals surface area contributed by atoms with Crippen molar-refractivity contribution in [3.8, 4) is 0 Å². The molecule has 3 heteroatoms. The van der Waals surface area contributed by atoms with Crippen molar-refractivity contribution in [3.63, 3.8) is 0 Å². The average Bonchev–Trinajstić information content (AvgIpc) is 2.72. The van der Waals surface area contributed by atoms with Crippen LogP contribution in [-0.4, -0.2) is 24.3 Å².